The van der Waals surface area contributed by atoms with Crippen molar-refractivity contribution in [3.63, 3.8) is 0 Å². The lowest BCUT2D eigenvalue weighted by molar-refractivity contribution is 0.100. The molecule has 2 aliphatic carbocycles. The Balaban J connectivity index is 1.18. The zero-order valence-corrected chi connectivity index (χ0v) is 21.8. The molecule has 0 spiro atoms. The number of ether oxygens (including phenoxy) is 3. The fourth-order valence-corrected chi connectivity index (χ4v) is 6.27. The van der Waals surface area contributed by atoms with Gasteiger partial charge in [0.1, 0.15) is 11.9 Å². The minimum absolute atomic E-state index is 0.0321. The maximum Gasteiger partial charge on any atom is 0.200 e. The van der Waals surface area contributed by atoms with E-state index >= 15 is 0 Å². The molecule has 0 amide bonds. The summed E-state index contributed by atoms with van der Waals surface area (Å²) in [5.74, 6) is -0.456. The van der Waals surface area contributed by atoms with Gasteiger partial charge in [-0.05, 0) is 106 Å². The van der Waals surface area contributed by atoms with E-state index in [2.05, 4.69) is 0 Å². The van der Waals surface area contributed by atoms with Crippen molar-refractivity contribution in [1.29, 1.82) is 0 Å². The predicted molar refractivity (Wildman–Crippen MR) is 136 cm³/mol. The average Bonchev–Trinajstić information content (AvgIpc) is 2.92. The number of methoxy groups -OCH3 is 1. The van der Waals surface area contributed by atoms with Gasteiger partial charge < -0.3 is 14.2 Å². The highest BCUT2D eigenvalue weighted by molar-refractivity contribution is 5.34. The van der Waals surface area contributed by atoms with E-state index in [-0.39, 0.29) is 29.9 Å². The van der Waals surface area contributed by atoms with E-state index in [1.165, 1.54) is 25.3 Å². The van der Waals surface area contributed by atoms with Gasteiger partial charge in [0, 0.05) is 12.5 Å². The third kappa shape index (κ3) is 6.71. The highest BCUT2D eigenvalue weighted by Gasteiger charge is 2.34. The Morgan fingerprint density at radius 2 is 1.46 bits per heavy atom. The summed E-state index contributed by atoms with van der Waals surface area (Å²) in [6.45, 7) is 2.38. The van der Waals surface area contributed by atoms with Gasteiger partial charge in [0.05, 0.1) is 20.3 Å². The van der Waals surface area contributed by atoms with Crippen LogP contribution in [0.1, 0.15) is 76.2 Å². The molecule has 0 bridgehead atoms. The molecule has 3 nitrogen and oxygen atoms in total. The van der Waals surface area contributed by atoms with Crippen molar-refractivity contribution in [3.05, 3.63) is 53.3 Å². The summed E-state index contributed by atoms with van der Waals surface area (Å²) in [6.07, 6.45) is 6.80. The molecule has 0 heterocycles. The van der Waals surface area contributed by atoms with Gasteiger partial charge in [-0.1, -0.05) is 6.07 Å². The third-order valence-electron chi connectivity index (χ3n) is 8.37. The van der Waals surface area contributed by atoms with Crippen molar-refractivity contribution in [1.82, 2.24) is 0 Å². The van der Waals surface area contributed by atoms with E-state index in [9.17, 15) is 17.6 Å². The van der Waals surface area contributed by atoms with Crippen LogP contribution in [0.4, 0.5) is 17.6 Å². The molecule has 0 aromatic heterocycles. The van der Waals surface area contributed by atoms with Crippen molar-refractivity contribution in [2.24, 2.45) is 17.8 Å². The third-order valence-corrected chi connectivity index (χ3v) is 8.37. The lowest BCUT2D eigenvalue weighted by Crippen LogP contribution is -2.29. The van der Waals surface area contributed by atoms with Gasteiger partial charge in [0.2, 0.25) is 5.82 Å². The maximum absolute atomic E-state index is 14.9. The summed E-state index contributed by atoms with van der Waals surface area (Å²) in [7, 11) is 1.34. The average molecular weight is 523 g/mol. The molecule has 37 heavy (non-hydrogen) atoms. The topological polar surface area (TPSA) is 27.7 Å². The van der Waals surface area contributed by atoms with Crippen LogP contribution in [0.2, 0.25) is 0 Å². The van der Waals surface area contributed by atoms with Gasteiger partial charge in [0.15, 0.2) is 23.1 Å². The molecule has 2 aromatic rings. The van der Waals surface area contributed by atoms with Crippen molar-refractivity contribution in [2.75, 3.05) is 20.3 Å². The number of benzene rings is 2. The number of alkyl halides is 1. The molecule has 4 rings (SSSR count). The minimum atomic E-state index is -0.933. The SMILES string of the molecule is CCOc1ccc(OCCC(F)C2CCC(C3CCC(c4ccc(OC)c(F)c4F)CC3)CC2)cc1F. The van der Waals surface area contributed by atoms with Crippen LogP contribution in [0.5, 0.6) is 17.2 Å². The smallest absolute Gasteiger partial charge is 0.200 e. The molecule has 2 fully saturated rings. The molecular weight excluding hydrogens is 484 g/mol. The van der Waals surface area contributed by atoms with Crippen LogP contribution < -0.4 is 14.2 Å². The van der Waals surface area contributed by atoms with E-state index in [4.69, 9.17) is 14.2 Å². The highest BCUT2D eigenvalue weighted by atomic mass is 19.2. The van der Waals surface area contributed by atoms with Gasteiger partial charge >= 0.3 is 0 Å². The van der Waals surface area contributed by atoms with E-state index in [0.29, 0.717) is 36.2 Å². The van der Waals surface area contributed by atoms with E-state index < -0.39 is 23.6 Å². The fraction of sp³-hybridized carbons (Fsp3) is 0.600. The van der Waals surface area contributed by atoms with Crippen LogP contribution in [0, 0.1) is 35.2 Å². The van der Waals surface area contributed by atoms with E-state index in [1.54, 1.807) is 19.1 Å². The number of hydrogen-bond acceptors (Lipinski definition) is 3. The Bertz CT molecular complexity index is 1010. The van der Waals surface area contributed by atoms with Crippen molar-refractivity contribution in [3.8, 4) is 17.2 Å². The summed E-state index contributed by atoms with van der Waals surface area (Å²) >= 11 is 0. The first-order valence-corrected chi connectivity index (χ1v) is 13.6. The minimum Gasteiger partial charge on any atom is -0.494 e. The van der Waals surface area contributed by atoms with Crippen LogP contribution in [-0.2, 0) is 0 Å². The van der Waals surface area contributed by atoms with Crippen LogP contribution in [0.3, 0.4) is 0 Å². The second-order valence-corrected chi connectivity index (χ2v) is 10.4. The lowest BCUT2D eigenvalue weighted by Gasteiger charge is -2.38. The van der Waals surface area contributed by atoms with Crippen LogP contribution in [-0.4, -0.2) is 26.5 Å². The molecule has 0 radical (unpaired) electrons. The Kier molecular flexibility index (Phi) is 9.60. The normalized spacial score (nSPS) is 24.9. The molecular formula is C30H38F4O3. The molecule has 0 N–H and O–H groups in total. The second-order valence-electron chi connectivity index (χ2n) is 10.4. The molecule has 0 aliphatic heterocycles. The monoisotopic (exact) mass is 522 g/mol. The van der Waals surface area contributed by atoms with Gasteiger partial charge in [0.25, 0.3) is 0 Å². The van der Waals surface area contributed by atoms with Gasteiger partial charge in [-0.2, -0.15) is 4.39 Å². The van der Waals surface area contributed by atoms with Crippen LogP contribution in [0.15, 0.2) is 30.3 Å². The van der Waals surface area contributed by atoms with Crippen molar-refractivity contribution >= 4 is 0 Å². The van der Waals surface area contributed by atoms with Crippen LogP contribution >= 0.6 is 0 Å². The molecule has 1 atom stereocenters. The maximum atomic E-state index is 14.9. The zero-order valence-electron chi connectivity index (χ0n) is 21.8. The van der Waals surface area contributed by atoms with Gasteiger partial charge in [-0.15, -0.1) is 0 Å². The van der Waals surface area contributed by atoms with E-state index in [0.717, 1.165) is 51.4 Å². The Labute approximate surface area is 217 Å². The molecule has 2 saturated carbocycles. The zero-order chi connectivity index (χ0) is 26.4. The summed E-state index contributed by atoms with van der Waals surface area (Å²) in [6, 6.07) is 7.61. The molecule has 2 aliphatic rings. The molecule has 1 unspecified atom stereocenters. The fourth-order valence-electron chi connectivity index (χ4n) is 6.27. The largest absolute Gasteiger partial charge is 0.494 e. The summed E-state index contributed by atoms with van der Waals surface area (Å²) in [4.78, 5) is 0. The Morgan fingerprint density at radius 1 is 0.811 bits per heavy atom. The van der Waals surface area contributed by atoms with Gasteiger partial charge in [-0.25, -0.2) is 13.2 Å². The van der Waals surface area contributed by atoms with E-state index in [1.807, 2.05) is 0 Å². The highest BCUT2D eigenvalue weighted by Crippen LogP contribution is 2.45. The first-order chi connectivity index (χ1) is 17.9. The lowest BCUT2D eigenvalue weighted by atomic mass is 9.67. The summed E-state index contributed by atoms with van der Waals surface area (Å²) in [5.41, 5.74) is 0.455. The Morgan fingerprint density at radius 3 is 2.08 bits per heavy atom. The second kappa shape index (κ2) is 12.9. The number of halogens is 4. The van der Waals surface area contributed by atoms with Crippen molar-refractivity contribution < 1.29 is 31.8 Å². The first-order valence-electron chi connectivity index (χ1n) is 13.6. The van der Waals surface area contributed by atoms with Crippen molar-refractivity contribution in [2.45, 2.75) is 76.8 Å². The predicted octanol–water partition coefficient (Wildman–Crippen LogP) is 8.40. The number of hydrogen-bond donors (Lipinski definition) is 0. The Hall–Kier alpha value is -2.44. The number of rotatable bonds is 10. The summed E-state index contributed by atoms with van der Waals surface area (Å²) in [5, 5.41) is 0. The quantitative estimate of drug-likeness (QED) is 0.293. The molecule has 0 saturated heterocycles. The molecule has 2 aromatic carbocycles. The first kappa shape index (κ1) is 27.6. The van der Waals surface area contributed by atoms with Crippen LogP contribution in [0.25, 0.3) is 0 Å². The molecule has 7 heteroatoms. The molecule has 204 valence electrons. The standard InChI is InChI=1S/C30H38F4O3/c1-3-36-27-14-12-23(18-26(27)32)37-17-16-25(31)22-10-6-20(7-11-22)19-4-8-21(9-5-19)24-13-15-28(35-2)30(34)29(24)33/h12-15,18-22,25H,3-11,16-17H2,1-2H3. The van der Waals surface area contributed by atoms with Gasteiger partial charge in [-0.3, -0.25) is 0 Å². The summed E-state index contributed by atoms with van der Waals surface area (Å²) < 4.78 is 73.2.